The Morgan fingerprint density at radius 3 is 2.29 bits per heavy atom. The Balaban J connectivity index is 1.87. The van der Waals surface area contributed by atoms with E-state index < -0.39 is 5.97 Å². The first-order valence-corrected chi connectivity index (χ1v) is 8.04. The van der Waals surface area contributed by atoms with Gasteiger partial charge < -0.3 is 4.74 Å². The van der Waals surface area contributed by atoms with Crippen LogP contribution in [0.3, 0.4) is 0 Å². The molecule has 0 aliphatic carbocycles. The third-order valence-corrected chi connectivity index (χ3v) is 4.02. The van der Waals surface area contributed by atoms with Crippen LogP contribution in [0.1, 0.15) is 15.9 Å². The molecule has 0 spiro atoms. The van der Waals surface area contributed by atoms with Gasteiger partial charge in [0.2, 0.25) is 0 Å². The monoisotopic (exact) mass is 377 g/mol. The van der Waals surface area contributed by atoms with Crippen molar-refractivity contribution in [1.29, 1.82) is 5.26 Å². The lowest BCUT2D eigenvalue weighted by Crippen LogP contribution is -2.09. The summed E-state index contributed by atoms with van der Waals surface area (Å²) in [6, 6.07) is 23.9. The second-order valence-corrected chi connectivity index (χ2v) is 6.00. The van der Waals surface area contributed by atoms with Crippen molar-refractivity contribution in [2.75, 3.05) is 0 Å². The number of hydrogen-bond donors (Lipinski definition) is 0. The third-order valence-electron chi connectivity index (χ3n) is 3.49. The lowest BCUT2D eigenvalue weighted by molar-refractivity contribution is 0.0734. The fourth-order valence-electron chi connectivity index (χ4n) is 2.26. The SMILES string of the molecule is N#Cc1cc(-c2ccccc2)ccc1OC(=O)c1ccc(Br)cc1. The topological polar surface area (TPSA) is 50.1 Å². The third kappa shape index (κ3) is 3.53. The second-order valence-electron chi connectivity index (χ2n) is 5.09. The van der Waals surface area contributed by atoms with E-state index in [1.54, 1.807) is 36.4 Å². The number of hydrogen-bond acceptors (Lipinski definition) is 3. The summed E-state index contributed by atoms with van der Waals surface area (Å²) in [6.07, 6.45) is 0. The molecule has 0 aliphatic heterocycles. The van der Waals surface area contributed by atoms with Crippen LogP contribution < -0.4 is 4.74 Å². The Bertz CT molecular complexity index is 913. The number of ether oxygens (including phenoxy) is 1. The van der Waals surface area contributed by atoms with E-state index in [2.05, 4.69) is 22.0 Å². The molecule has 0 heterocycles. The van der Waals surface area contributed by atoms with Gasteiger partial charge in [0.15, 0.2) is 0 Å². The zero-order chi connectivity index (χ0) is 16.9. The van der Waals surface area contributed by atoms with Crippen LogP contribution in [0.5, 0.6) is 5.75 Å². The predicted molar refractivity (Wildman–Crippen MR) is 95.7 cm³/mol. The molecule has 3 nitrogen and oxygen atoms in total. The molecule has 0 saturated carbocycles. The lowest BCUT2D eigenvalue weighted by Gasteiger charge is -2.08. The van der Waals surface area contributed by atoms with Gasteiger partial charge in [-0.25, -0.2) is 4.79 Å². The largest absolute Gasteiger partial charge is 0.422 e. The molecule has 0 atom stereocenters. The number of nitrogens with zero attached hydrogens (tertiary/aromatic N) is 1. The first-order valence-electron chi connectivity index (χ1n) is 7.25. The summed E-state index contributed by atoms with van der Waals surface area (Å²) in [5.41, 5.74) is 2.64. The molecule has 3 rings (SSSR count). The lowest BCUT2D eigenvalue weighted by atomic mass is 10.0. The van der Waals surface area contributed by atoms with Gasteiger partial charge in [-0.15, -0.1) is 0 Å². The minimum atomic E-state index is -0.494. The summed E-state index contributed by atoms with van der Waals surface area (Å²) in [4.78, 5) is 12.2. The van der Waals surface area contributed by atoms with Crippen LogP contribution in [0.25, 0.3) is 11.1 Å². The molecule has 0 bridgehead atoms. The number of halogens is 1. The number of carbonyl (C=O) groups is 1. The van der Waals surface area contributed by atoms with Crippen LogP contribution in [0.2, 0.25) is 0 Å². The first-order chi connectivity index (χ1) is 11.7. The Hall–Kier alpha value is -2.90. The molecular weight excluding hydrogens is 366 g/mol. The Morgan fingerprint density at radius 1 is 0.917 bits per heavy atom. The van der Waals surface area contributed by atoms with Gasteiger partial charge in [-0.3, -0.25) is 0 Å². The molecule has 0 amide bonds. The Labute approximate surface area is 148 Å². The van der Waals surface area contributed by atoms with Gasteiger partial charge in [0.25, 0.3) is 0 Å². The molecule has 0 fully saturated rings. The van der Waals surface area contributed by atoms with Crippen LogP contribution in [-0.2, 0) is 0 Å². The van der Waals surface area contributed by atoms with Crippen molar-refractivity contribution in [1.82, 2.24) is 0 Å². The molecule has 3 aromatic rings. The highest BCUT2D eigenvalue weighted by Gasteiger charge is 2.12. The van der Waals surface area contributed by atoms with Gasteiger partial charge in [-0.05, 0) is 47.5 Å². The highest BCUT2D eigenvalue weighted by Crippen LogP contribution is 2.27. The fraction of sp³-hybridized carbons (Fsp3) is 0. The summed E-state index contributed by atoms with van der Waals surface area (Å²) >= 11 is 3.32. The van der Waals surface area contributed by atoms with Gasteiger partial charge in [0.05, 0.1) is 11.1 Å². The van der Waals surface area contributed by atoms with Crippen molar-refractivity contribution in [2.45, 2.75) is 0 Å². The zero-order valence-electron chi connectivity index (χ0n) is 12.6. The van der Waals surface area contributed by atoms with Crippen LogP contribution in [0.4, 0.5) is 0 Å². The zero-order valence-corrected chi connectivity index (χ0v) is 14.2. The number of nitriles is 1. The fourth-order valence-corrected chi connectivity index (χ4v) is 2.53. The maximum absolute atomic E-state index is 12.2. The second kappa shape index (κ2) is 7.12. The molecule has 0 aromatic heterocycles. The Kier molecular flexibility index (Phi) is 4.74. The summed E-state index contributed by atoms with van der Waals surface area (Å²) < 4.78 is 6.26. The summed E-state index contributed by atoms with van der Waals surface area (Å²) in [7, 11) is 0. The molecule has 3 aromatic carbocycles. The van der Waals surface area contributed by atoms with Crippen molar-refractivity contribution in [3.8, 4) is 22.9 Å². The maximum atomic E-state index is 12.2. The van der Waals surface area contributed by atoms with E-state index in [-0.39, 0.29) is 5.75 Å². The van der Waals surface area contributed by atoms with Crippen molar-refractivity contribution in [3.05, 3.63) is 88.4 Å². The standard InChI is InChI=1S/C20H12BrNO2/c21-18-9-6-15(7-10-18)20(23)24-19-11-8-16(12-17(19)13-22)14-4-2-1-3-5-14/h1-12H. The average Bonchev–Trinajstić information content (AvgIpc) is 2.63. The number of rotatable bonds is 3. The molecular formula is C20H12BrNO2. The highest BCUT2D eigenvalue weighted by atomic mass is 79.9. The van der Waals surface area contributed by atoms with Gasteiger partial charge in [0.1, 0.15) is 11.8 Å². The van der Waals surface area contributed by atoms with E-state index in [0.29, 0.717) is 11.1 Å². The van der Waals surface area contributed by atoms with Gasteiger partial charge >= 0.3 is 5.97 Å². The minimum Gasteiger partial charge on any atom is -0.422 e. The van der Waals surface area contributed by atoms with E-state index in [0.717, 1.165) is 15.6 Å². The molecule has 24 heavy (non-hydrogen) atoms. The first kappa shape index (κ1) is 16.0. The summed E-state index contributed by atoms with van der Waals surface area (Å²) in [5.74, 6) is -0.239. The van der Waals surface area contributed by atoms with E-state index in [9.17, 15) is 10.1 Å². The molecule has 0 saturated heterocycles. The molecule has 4 heteroatoms. The van der Waals surface area contributed by atoms with Crippen LogP contribution >= 0.6 is 15.9 Å². The van der Waals surface area contributed by atoms with Gasteiger partial charge in [-0.2, -0.15) is 5.26 Å². The van der Waals surface area contributed by atoms with Crippen LogP contribution in [-0.4, -0.2) is 5.97 Å². The summed E-state index contributed by atoms with van der Waals surface area (Å²) in [6.45, 7) is 0. The molecule has 0 aliphatic rings. The Morgan fingerprint density at radius 2 is 1.62 bits per heavy atom. The maximum Gasteiger partial charge on any atom is 0.343 e. The molecule has 0 unspecified atom stereocenters. The van der Waals surface area contributed by atoms with Gasteiger partial charge in [-0.1, -0.05) is 52.3 Å². The van der Waals surface area contributed by atoms with Crippen LogP contribution in [0.15, 0.2) is 77.3 Å². The number of benzene rings is 3. The van der Waals surface area contributed by atoms with Crippen molar-refractivity contribution >= 4 is 21.9 Å². The quantitative estimate of drug-likeness (QED) is 0.465. The molecule has 0 radical (unpaired) electrons. The minimum absolute atomic E-state index is 0.255. The van der Waals surface area contributed by atoms with Gasteiger partial charge in [0, 0.05) is 4.47 Å². The van der Waals surface area contributed by atoms with Crippen LogP contribution in [0, 0.1) is 11.3 Å². The average molecular weight is 378 g/mol. The van der Waals surface area contributed by atoms with E-state index in [1.165, 1.54) is 0 Å². The molecule has 0 N–H and O–H groups in total. The van der Waals surface area contributed by atoms with Crippen molar-refractivity contribution in [3.63, 3.8) is 0 Å². The highest BCUT2D eigenvalue weighted by molar-refractivity contribution is 9.10. The van der Waals surface area contributed by atoms with E-state index >= 15 is 0 Å². The van der Waals surface area contributed by atoms with Crippen molar-refractivity contribution in [2.24, 2.45) is 0 Å². The smallest absolute Gasteiger partial charge is 0.343 e. The molecule has 116 valence electrons. The number of esters is 1. The summed E-state index contributed by atoms with van der Waals surface area (Å²) in [5, 5.41) is 9.36. The van der Waals surface area contributed by atoms with E-state index in [1.807, 2.05) is 36.4 Å². The predicted octanol–water partition coefficient (Wildman–Crippen LogP) is 5.21. The normalized spacial score (nSPS) is 10.0. The van der Waals surface area contributed by atoms with E-state index in [4.69, 9.17) is 4.74 Å². The van der Waals surface area contributed by atoms with Crippen molar-refractivity contribution < 1.29 is 9.53 Å². The number of carbonyl (C=O) groups excluding carboxylic acids is 1.